The molecule has 0 atom stereocenters. The molecule has 1 aromatic carbocycles. The summed E-state index contributed by atoms with van der Waals surface area (Å²) in [5.74, 6) is 0.710. The molecule has 0 spiro atoms. The van der Waals surface area contributed by atoms with Gasteiger partial charge in [-0.1, -0.05) is 18.5 Å². The van der Waals surface area contributed by atoms with E-state index >= 15 is 0 Å². The van der Waals surface area contributed by atoms with Crippen LogP contribution in [-0.2, 0) is 0 Å². The van der Waals surface area contributed by atoms with Gasteiger partial charge in [-0.05, 0) is 24.1 Å². The summed E-state index contributed by atoms with van der Waals surface area (Å²) in [5, 5.41) is 1.69. The fourth-order valence-electron chi connectivity index (χ4n) is 1.57. The Bertz CT molecular complexity index is 462. The standard InChI is InChI=1S/C11H11ClNO/c1-3-7-6-13-8-4-5-9(14-2)11(12)10(7)8/h3-6,13H,1-2H3. The number of rotatable bonds is 2. The van der Waals surface area contributed by atoms with Gasteiger partial charge < -0.3 is 9.72 Å². The highest BCUT2D eigenvalue weighted by Gasteiger charge is 2.10. The second-order valence-corrected chi connectivity index (χ2v) is 3.42. The van der Waals surface area contributed by atoms with E-state index in [4.69, 9.17) is 16.3 Å². The first-order chi connectivity index (χ1) is 6.77. The van der Waals surface area contributed by atoms with Crippen molar-refractivity contribution in [2.24, 2.45) is 0 Å². The van der Waals surface area contributed by atoms with Gasteiger partial charge in [-0.15, -0.1) is 0 Å². The van der Waals surface area contributed by atoms with Crippen LogP contribution >= 0.6 is 11.6 Å². The lowest BCUT2D eigenvalue weighted by Gasteiger charge is -2.04. The number of ether oxygens (including phenoxy) is 1. The molecule has 1 radical (unpaired) electrons. The first kappa shape index (κ1) is 9.41. The molecular formula is C11H11ClNO. The van der Waals surface area contributed by atoms with E-state index in [2.05, 4.69) is 4.98 Å². The smallest absolute Gasteiger partial charge is 0.138 e. The predicted octanol–water partition coefficient (Wildman–Crippen LogP) is 3.40. The predicted molar refractivity (Wildman–Crippen MR) is 58.9 cm³/mol. The molecule has 0 aliphatic carbocycles. The molecule has 0 aliphatic heterocycles. The zero-order chi connectivity index (χ0) is 10.1. The number of nitrogens with one attached hydrogen (secondary N) is 1. The van der Waals surface area contributed by atoms with Gasteiger partial charge in [-0.25, -0.2) is 0 Å². The van der Waals surface area contributed by atoms with Crippen LogP contribution in [0.25, 0.3) is 10.9 Å². The molecule has 14 heavy (non-hydrogen) atoms. The van der Waals surface area contributed by atoms with Crippen molar-refractivity contribution in [1.29, 1.82) is 0 Å². The molecule has 0 saturated carbocycles. The molecule has 3 heteroatoms. The normalized spacial score (nSPS) is 10.8. The fourth-order valence-corrected chi connectivity index (χ4v) is 1.92. The van der Waals surface area contributed by atoms with Crippen molar-refractivity contribution in [2.45, 2.75) is 6.92 Å². The van der Waals surface area contributed by atoms with Gasteiger partial charge in [0.2, 0.25) is 0 Å². The lowest BCUT2D eigenvalue weighted by molar-refractivity contribution is 0.415. The second-order valence-electron chi connectivity index (χ2n) is 3.04. The molecule has 2 rings (SSSR count). The van der Waals surface area contributed by atoms with E-state index < -0.39 is 0 Å². The fraction of sp³-hybridized carbons (Fsp3) is 0.182. The quantitative estimate of drug-likeness (QED) is 0.804. The molecule has 1 heterocycles. The highest BCUT2D eigenvalue weighted by atomic mass is 35.5. The molecule has 0 fully saturated rings. The van der Waals surface area contributed by atoms with Crippen LogP contribution in [0.15, 0.2) is 18.3 Å². The molecule has 0 bridgehead atoms. The third-order valence-corrected chi connectivity index (χ3v) is 2.68. The van der Waals surface area contributed by atoms with Crippen molar-refractivity contribution >= 4 is 22.5 Å². The summed E-state index contributed by atoms with van der Waals surface area (Å²) in [6, 6.07) is 3.83. The minimum Gasteiger partial charge on any atom is -0.495 e. The number of hydrogen-bond donors (Lipinski definition) is 1. The topological polar surface area (TPSA) is 25.0 Å². The number of benzene rings is 1. The molecule has 0 amide bonds. The average Bonchev–Trinajstić information content (AvgIpc) is 2.62. The maximum absolute atomic E-state index is 6.20. The average molecular weight is 209 g/mol. The molecule has 0 unspecified atom stereocenters. The molecule has 1 N–H and O–H groups in total. The monoisotopic (exact) mass is 208 g/mol. The van der Waals surface area contributed by atoms with Crippen molar-refractivity contribution in [3.8, 4) is 5.75 Å². The summed E-state index contributed by atoms with van der Waals surface area (Å²) in [4.78, 5) is 3.16. The molecule has 73 valence electrons. The summed E-state index contributed by atoms with van der Waals surface area (Å²) in [5.41, 5.74) is 2.13. The van der Waals surface area contributed by atoms with Crippen LogP contribution in [-0.4, -0.2) is 12.1 Å². The van der Waals surface area contributed by atoms with Crippen molar-refractivity contribution < 1.29 is 4.74 Å². The van der Waals surface area contributed by atoms with Gasteiger partial charge in [0.1, 0.15) is 5.75 Å². The van der Waals surface area contributed by atoms with E-state index in [0.29, 0.717) is 10.8 Å². The minimum atomic E-state index is 0.666. The number of hydrogen-bond acceptors (Lipinski definition) is 1. The third kappa shape index (κ3) is 1.26. The molecule has 2 aromatic rings. The van der Waals surface area contributed by atoms with Crippen LogP contribution in [0, 0.1) is 6.42 Å². The zero-order valence-electron chi connectivity index (χ0n) is 8.10. The Hall–Kier alpha value is -1.15. The summed E-state index contributed by atoms with van der Waals surface area (Å²) < 4.78 is 5.16. The van der Waals surface area contributed by atoms with Crippen LogP contribution in [0.5, 0.6) is 5.75 Å². The third-order valence-electron chi connectivity index (χ3n) is 2.31. The first-order valence-electron chi connectivity index (χ1n) is 4.41. The largest absolute Gasteiger partial charge is 0.495 e. The van der Waals surface area contributed by atoms with E-state index in [0.717, 1.165) is 16.5 Å². The highest BCUT2D eigenvalue weighted by molar-refractivity contribution is 6.37. The maximum atomic E-state index is 6.20. The number of fused-ring (bicyclic) bond motifs is 1. The van der Waals surface area contributed by atoms with Gasteiger partial charge in [0.15, 0.2) is 0 Å². The van der Waals surface area contributed by atoms with Gasteiger partial charge >= 0.3 is 0 Å². The van der Waals surface area contributed by atoms with Crippen LogP contribution in [0.2, 0.25) is 5.02 Å². The van der Waals surface area contributed by atoms with Crippen LogP contribution in [0.3, 0.4) is 0 Å². The SMILES string of the molecule is C[CH]c1c[nH]c2ccc(OC)c(Cl)c12. The number of aromatic amines is 1. The van der Waals surface area contributed by atoms with Gasteiger partial charge in [0.25, 0.3) is 0 Å². The number of methoxy groups -OCH3 is 1. The van der Waals surface area contributed by atoms with E-state index in [-0.39, 0.29) is 0 Å². The minimum absolute atomic E-state index is 0.666. The Morgan fingerprint density at radius 3 is 2.86 bits per heavy atom. The lowest BCUT2D eigenvalue weighted by Crippen LogP contribution is -1.85. The van der Waals surface area contributed by atoms with E-state index in [1.165, 1.54) is 0 Å². The van der Waals surface area contributed by atoms with Crippen LogP contribution < -0.4 is 4.74 Å². The Morgan fingerprint density at radius 1 is 1.43 bits per heavy atom. The van der Waals surface area contributed by atoms with Gasteiger partial charge in [0, 0.05) is 17.1 Å². The van der Waals surface area contributed by atoms with Gasteiger partial charge in [0.05, 0.1) is 12.1 Å². The van der Waals surface area contributed by atoms with E-state index in [9.17, 15) is 0 Å². The molecule has 0 aliphatic rings. The first-order valence-corrected chi connectivity index (χ1v) is 4.78. The number of H-pyrrole nitrogens is 1. The van der Waals surface area contributed by atoms with E-state index in [1.807, 2.05) is 31.7 Å². The Labute approximate surface area is 87.8 Å². The Morgan fingerprint density at radius 2 is 2.21 bits per heavy atom. The van der Waals surface area contributed by atoms with Crippen LogP contribution in [0.4, 0.5) is 0 Å². The summed E-state index contributed by atoms with van der Waals surface area (Å²) in [6.07, 6.45) is 3.96. The van der Waals surface area contributed by atoms with Crippen molar-refractivity contribution in [1.82, 2.24) is 4.98 Å². The lowest BCUT2D eigenvalue weighted by atomic mass is 10.1. The summed E-state index contributed by atoms with van der Waals surface area (Å²) in [6.45, 7) is 1.98. The summed E-state index contributed by atoms with van der Waals surface area (Å²) >= 11 is 6.20. The van der Waals surface area contributed by atoms with E-state index in [1.54, 1.807) is 7.11 Å². The van der Waals surface area contributed by atoms with Crippen molar-refractivity contribution in [3.63, 3.8) is 0 Å². The molecule has 2 nitrogen and oxygen atoms in total. The molecular weight excluding hydrogens is 198 g/mol. The Balaban J connectivity index is 2.77. The maximum Gasteiger partial charge on any atom is 0.138 e. The second kappa shape index (κ2) is 3.54. The van der Waals surface area contributed by atoms with Crippen molar-refractivity contribution in [3.05, 3.63) is 35.3 Å². The number of halogens is 1. The van der Waals surface area contributed by atoms with Crippen LogP contribution in [0.1, 0.15) is 12.5 Å². The van der Waals surface area contributed by atoms with Crippen molar-refractivity contribution in [2.75, 3.05) is 7.11 Å². The van der Waals surface area contributed by atoms with Gasteiger partial charge in [-0.2, -0.15) is 0 Å². The molecule has 1 aromatic heterocycles. The van der Waals surface area contributed by atoms with Gasteiger partial charge in [-0.3, -0.25) is 0 Å². The Kier molecular flexibility index (Phi) is 2.38. The highest BCUT2D eigenvalue weighted by Crippen LogP contribution is 2.34. The zero-order valence-corrected chi connectivity index (χ0v) is 8.85. The molecule has 0 saturated heterocycles. The summed E-state index contributed by atoms with van der Waals surface area (Å²) in [7, 11) is 1.62. The number of aromatic nitrogens is 1.